The van der Waals surface area contributed by atoms with Crippen molar-refractivity contribution in [3.05, 3.63) is 42.2 Å². The fraction of sp³-hybridized carbons (Fsp3) is 0.357. The van der Waals surface area contributed by atoms with Crippen molar-refractivity contribution in [2.45, 2.75) is 25.8 Å². The highest BCUT2D eigenvalue weighted by atomic mass is 14.9. The third-order valence-electron chi connectivity index (χ3n) is 3.34. The van der Waals surface area contributed by atoms with Crippen LogP contribution in [0.5, 0.6) is 0 Å². The number of nitrogens with one attached hydrogen (secondary N) is 1. The summed E-state index contributed by atoms with van der Waals surface area (Å²) in [6.07, 6.45) is 1.90. The summed E-state index contributed by atoms with van der Waals surface area (Å²) in [5.41, 5.74) is 1.18. The van der Waals surface area contributed by atoms with E-state index >= 15 is 0 Å². The maximum atomic E-state index is 4.54. The van der Waals surface area contributed by atoms with Crippen LogP contribution in [0, 0.1) is 0 Å². The number of hydrogen-bond donors (Lipinski definition) is 1. The number of rotatable bonds is 3. The summed E-state index contributed by atoms with van der Waals surface area (Å²) in [4.78, 5) is 4.54. The highest BCUT2D eigenvalue weighted by Gasteiger charge is 2.15. The van der Waals surface area contributed by atoms with Gasteiger partial charge in [-0.3, -0.25) is 4.98 Å². The van der Waals surface area contributed by atoms with Gasteiger partial charge in [0, 0.05) is 23.5 Å². The third-order valence-corrected chi connectivity index (χ3v) is 3.34. The molecule has 0 spiro atoms. The molecule has 0 bridgehead atoms. The molecule has 1 heterocycles. The highest BCUT2D eigenvalue weighted by Crippen LogP contribution is 2.25. The van der Waals surface area contributed by atoms with Crippen molar-refractivity contribution in [1.29, 1.82) is 0 Å². The van der Waals surface area contributed by atoms with Gasteiger partial charge in [-0.1, -0.05) is 31.2 Å². The number of likely N-dealkylation sites (N-methyl/N-ethyl adjacent to an activating group) is 1. The van der Waals surface area contributed by atoms with Crippen LogP contribution in [0.4, 0.5) is 0 Å². The van der Waals surface area contributed by atoms with Gasteiger partial charge < -0.3 is 5.32 Å². The van der Waals surface area contributed by atoms with E-state index in [1.807, 2.05) is 13.2 Å². The standard InChI is InChI=1S/C14H18N2/c1-10(11(2)15-3)14-13-7-5-4-6-12(13)8-9-16-14/h4-11,15H,1-3H3. The van der Waals surface area contributed by atoms with Gasteiger partial charge in [0.05, 0.1) is 5.69 Å². The van der Waals surface area contributed by atoms with Gasteiger partial charge in [0.2, 0.25) is 0 Å². The molecule has 0 amide bonds. The van der Waals surface area contributed by atoms with E-state index in [1.54, 1.807) is 0 Å². The molecule has 0 aliphatic rings. The quantitative estimate of drug-likeness (QED) is 0.849. The van der Waals surface area contributed by atoms with Crippen LogP contribution in [0.2, 0.25) is 0 Å². The molecule has 0 aliphatic carbocycles. The van der Waals surface area contributed by atoms with Gasteiger partial charge in [0.25, 0.3) is 0 Å². The van der Waals surface area contributed by atoms with Gasteiger partial charge in [-0.15, -0.1) is 0 Å². The van der Waals surface area contributed by atoms with E-state index < -0.39 is 0 Å². The Kier molecular flexibility index (Phi) is 3.20. The Morgan fingerprint density at radius 3 is 2.62 bits per heavy atom. The van der Waals surface area contributed by atoms with Gasteiger partial charge in [0.15, 0.2) is 0 Å². The first kappa shape index (κ1) is 11.1. The SMILES string of the molecule is CNC(C)C(C)c1nccc2ccccc12. The van der Waals surface area contributed by atoms with Crippen molar-refractivity contribution in [3.8, 4) is 0 Å². The Morgan fingerprint density at radius 1 is 1.12 bits per heavy atom. The van der Waals surface area contributed by atoms with Crippen molar-refractivity contribution in [2.75, 3.05) is 7.05 Å². The fourth-order valence-electron chi connectivity index (χ4n) is 1.99. The number of nitrogens with zero attached hydrogens (tertiary/aromatic N) is 1. The summed E-state index contributed by atoms with van der Waals surface area (Å²) in [6.45, 7) is 4.41. The van der Waals surface area contributed by atoms with Crippen LogP contribution in [0.3, 0.4) is 0 Å². The molecule has 2 aromatic rings. The predicted octanol–water partition coefficient (Wildman–Crippen LogP) is 2.95. The molecule has 2 nitrogen and oxygen atoms in total. The molecule has 1 N–H and O–H groups in total. The molecule has 2 heteroatoms. The first-order valence-electron chi connectivity index (χ1n) is 5.75. The Balaban J connectivity index is 2.52. The normalized spacial score (nSPS) is 14.9. The van der Waals surface area contributed by atoms with E-state index in [1.165, 1.54) is 16.5 Å². The van der Waals surface area contributed by atoms with Gasteiger partial charge in [-0.05, 0) is 25.4 Å². The molecule has 0 fully saturated rings. The Labute approximate surface area is 96.7 Å². The second-order valence-corrected chi connectivity index (χ2v) is 4.28. The molecule has 0 saturated heterocycles. The van der Waals surface area contributed by atoms with E-state index in [2.05, 4.69) is 54.5 Å². The lowest BCUT2D eigenvalue weighted by Crippen LogP contribution is -2.27. The zero-order chi connectivity index (χ0) is 11.5. The van der Waals surface area contributed by atoms with Gasteiger partial charge in [-0.2, -0.15) is 0 Å². The van der Waals surface area contributed by atoms with Gasteiger partial charge in [-0.25, -0.2) is 0 Å². The topological polar surface area (TPSA) is 24.9 Å². The van der Waals surface area contributed by atoms with Crippen molar-refractivity contribution >= 4 is 10.8 Å². The smallest absolute Gasteiger partial charge is 0.0525 e. The summed E-state index contributed by atoms with van der Waals surface area (Å²) in [6, 6.07) is 10.9. The zero-order valence-electron chi connectivity index (χ0n) is 10.1. The highest BCUT2D eigenvalue weighted by molar-refractivity contribution is 5.84. The molecule has 84 valence electrons. The largest absolute Gasteiger partial charge is 0.317 e. The van der Waals surface area contributed by atoms with Crippen molar-refractivity contribution in [2.24, 2.45) is 0 Å². The predicted molar refractivity (Wildman–Crippen MR) is 68.7 cm³/mol. The lowest BCUT2D eigenvalue weighted by atomic mass is 9.95. The number of fused-ring (bicyclic) bond motifs is 1. The van der Waals surface area contributed by atoms with Crippen LogP contribution < -0.4 is 5.32 Å². The van der Waals surface area contributed by atoms with Crippen LogP contribution in [0.25, 0.3) is 10.8 Å². The van der Waals surface area contributed by atoms with E-state index in [9.17, 15) is 0 Å². The Morgan fingerprint density at radius 2 is 1.88 bits per heavy atom. The number of pyridine rings is 1. The molecule has 2 atom stereocenters. The molecule has 1 aromatic carbocycles. The Hall–Kier alpha value is -1.41. The van der Waals surface area contributed by atoms with Crippen LogP contribution in [-0.4, -0.2) is 18.1 Å². The monoisotopic (exact) mass is 214 g/mol. The second-order valence-electron chi connectivity index (χ2n) is 4.28. The summed E-state index contributed by atoms with van der Waals surface area (Å²) in [5.74, 6) is 0.413. The zero-order valence-corrected chi connectivity index (χ0v) is 10.1. The molecule has 16 heavy (non-hydrogen) atoms. The van der Waals surface area contributed by atoms with Crippen molar-refractivity contribution in [3.63, 3.8) is 0 Å². The molecule has 1 aromatic heterocycles. The molecular weight excluding hydrogens is 196 g/mol. The molecule has 0 aliphatic heterocycles. The lowest BCUT2D eigenvalue weighted by molar-refractivity contribution is 0.518. The number of aromatic nitrogens is 1. The minimum Gasteiger partial charge on any atom is -0.317 e. The van der Waals surface area contributed by atoms with Crippen LogP contribution >= 0.6 is 0 Å². The minimum atomic E-state index is 0.413. The summed E-state index contributed by atoms with van der Waals surface area (Å²) < 4.78 is 0. The van der Waals surface area contributed by atoms with Crippen molar-refractivity contribution < 1.29 is 0 Å². The maximum absolute atomic E-state index is 4.54. The summed E-state index contributed by atoms with van der Waals surface area (Å²) in [5, 5.41) is 5.82. The Bertz CT molecular complexity index is 474. The van der Waals surface area contributed by atoms with E-state index in [4.69, 9.17) is 0 Å². The number of hydrogen-bond acceptors (Lipinski definition) is 2. The summed E-state index contributed by atoms with van der Waals surface area (Å²) >= 11 is 0. The fourth-order valence-corrected chi connectivity index (χ4v) is 1.99. The summed E-state index contributed by atoms with van der Waals surface area (Å²) in [7, 11) is 1.99. The first-order chi connectivity index (χ1) is 7.74. The molecule has 2 unspecified atom stereocenters. The van der Waals surface area contributed by atoms with Crippen LogP contribution in [0.1, 0.15) is 25.5 Å². The average Bonchev–Trinajstić information content (AvgIpc) is 2.36. The third kappa shape index (κ3) is 1.93. The van der Waals surface area contributed by atoms with Crippen LogP contribution in [0.15, 0.2) is 36.5 Å². The minimum absolute atomic E-state index is 0.413. The van der Waals surface area contributed by atoms with E-state index in [0.717, 1.165) is 0 Å². The molecule has 2 rings (SSSR count). The molecule has 0 saturated carbocycles. The number of benzene rings is 1. The van der Waals surface area contributed by atoms with E-state index in [0.29, 0.717) is 12.0 Å². The average molecular weight is 214 g/mol. The lowest BCUT2D eigenvalue weighted by Gasteiger charge is -2.20. The van der Waals surface area contributed by atoms with Crippen LogP contribution in [-0.2, 0) is 0 Å². The van der Waals surface area contributed by atoms with Crippen molar-refractivity contribution in [1.82, 2.24) is 10.3 Å². The molecule has 0 radical (unpaired) electrons. The van der Waals surface area contributed by atoms with Gasteiger partial charge >= 0.3 is 0 Å². The second kappa shape index (κ2) is 4.62. The first-order valence-corrected chi connectivity index (χ1v) is 5.75. The molecular formula is C14H18N2. The van der Waals surface area contributed by atoms with Gasteiger partial charge in [0.1, 0.15) is 0 Å². The van der Waals surface area contributed by atoms with E-state index in [-0.39, 0.29) is 0 Å². The maximum Gasteiger partial charge on any atom is 0.0525 e.